The molecule has 1 atom stereocenters. The average Bonchev–Trinajstić information content (AvgIpc) is 2.01. The molecule has 0 aliphatic rings. The van der Waals surface area contributed by atoms with Crippen LogP contribution in [0.3, 0.4) is 0 Å². The summed E-state index contributed by atoms with van der Waals surface area (Å²) in [4.78, 5) is 7.45. The predicted molar refractivity (Wildman–Crippen MR) is 55.1 cm³/mol. The molecule has 0 amide bonds. The van der Waals surface area contributed by atoms with Gasteiger partial charge in [-0.05, 0) is 6.42 Å². The van der Waals surface area contributed by atoms with Crippen molar-refractivity contribution in [2.45, 2.75) is 12.5 Å². The Kier molecular flexibility index (Phi) is 3.88. The molecule has 0 spiro atoms. The number of nitrogens with zero attached hydrogens (tertiary/aromatic N) is 2. The number of halogens is 2. The van der Waals surface area contributed by atoms with Crippen LogP contribution in [-0.2, 0) is 0 Å². The van der Waals surface area contributed by atoms with Gasteiger partial charge in [0.25, 0.3) is 0 Å². The molecule has 7 heteroatoms. The van der Waals surface area contributed by atoms with Crippen molar-refractivity contribution in [2.75, 3.05) is 12.3 Å². The zero-order valence-electron chi connectivity index (χ0n) is 7.24. The first-order chi connectivity index (χ1) is 6.56. The maximum absolute atomic E-state index is 8.70. The largest absolute Gasteiger partial charge is 0.396 e. The van der Waals surface area contributed by atoms with Gasteiger partial charge in [-0.1, -0.05) is 23.2 Å². The molecule has 0 aromatic carbocycles. The molecule has 0 bridgehead atoms. The maximum atomic E-state index is 8.70. The first-order valence-corrected chi connectivity index (χ1v) is 4.66. The zero-order valence-corrected chi connectivity index (χ0v) is 8.76. The molecule has 1 rings (SSSR count). The van der Waals surface area contributed by atoms with Gasteiger partial charge < -0.3 is 16.6 Å². The van der Waals surface area contributed by atoms with Crippen LogP contribution in [0.25, 0.3) is 0 Å². The highest BCUT2D eigenvalue weighted by atomic mass is 35.5. The number of anilines is 1. The lowest BCUT2D eigenvalue weighted by Crippen LogP contribution is -2.15. The fraction of sp³-hybridized carbons (Fsp3) is 0.429. The number of rotatable bonds is 3. The summed E-state index contributed by atoms with van der Waals surface area (Å²) >= 11 is 11.6. The summed E-state index contributed by atoms with van der Waals surface area (Å²) in [6.45, 7) is -0.0573. The van der Waals surface area contributed by atoms with Crippen LogP contribution in [0.1, 0.15) is 18.0 Å². The number of aromatic nitrogens is 2. The molecule has 1 aromatic heterocycles. The molecular weight excluding hydrogens is 227 g/mol. The van der Waals surface area contributed by atoms with Crippen LogP contribution < -0.4 is 11.5 Å². The van der Waals surface area contributed by atoms with Crippen LogP contribution in [0.2, 0.25) is 10.3 Å². The van der Waals surface area contributed by atoms with E-state index in [1.165, 1.54) is 0 Å². The van der Waals surface area contributed by atoms with E-state index < -0.39 is 6.04 Å². The van der Waals surface area contributed by atoms with E-state index >= 15 is 0 Å². The van der Waals surface area contributed by atoms with Gasteiger partial charge in [-0.3, -0.25) is 0 Å². The summed E-state index contributed by atoms with van der Waals surface area (Å²) in [6, 6.07) is -0.486. The lowest BCUT2D eigenvalue weighted by Gasteiger charge is -2.12. The Morgan fingerprint density at radius 1 is 1.29 bits per heavy atom. The third-order valence-corrected chi connectivity index (χ3v) is 2.26. The Bertz CT molecular complexity index is 310. The normalized spacial score (nSPS) is 12.9. The van der Waals surface area contributed by atoms with Crippen molar-refractivity contribution < 1.29 is 5.11 Å². The molecule has 0 saturated heterocycles. The van der Waals surface area contributed by atoms with Gasteiger partial charge in [0, 0.05) is 18.2 Å². The summed E-state index contributed by atoms with van der Waals surface area (Å²) in [7, 11) is 0. The molecule has 0 aliphatic carbocycles. The molecule has 0 fully saturated rings. The lowest BCUT2D eigenvalue weighted by molar-refractivity contribution is 0.276. The van der Waals surface area contributed by atoms with Gasteiger partial charge in [0.05, 0.1) is 0 Å². The predicted octanol–water partition coefficient (Wildman–Crippen LogP) is 0.748. The Hall–Kier alpha value is -0.620. The molecule has 1 aromatic rings. The van der Waals surface area contributed by atoms with Gasteiger partial charge >= 0.3 is 0 Å². The number of hydrogen-bond donors (Lipinski definition) is 3. The van der Waals surface area contributed by atoms with Crippen LogP contribution in [0.4, 0.5) is 5.95 Å². The molecule has 1 unspecified atom stereocenters. The monoisotopic (exact) mass is 236 g/mol. The second kappa shape index (κ2) is 4.75. The summed E-state index contributed by atoms with van der Waals surface area (Å²) in [5, 5.41) is 8.96. The topological polar surface area (TPSA) is 98.0 Å². The second-order valence-electron chi connectivity index (χ2n) is 2.70. The summed E-state index contributed by atoms with van der Waals surface area (Å²) in [6.07, 6.45) is 0.340. The minimum Gasteiger partial charge on any atom is -0.396 e. The summed E-state index contributed by atoms with van der Waals surface area (Å²) in [5.41, 5.74) is 11.4. The van der Waals surface area contributed by atoms with Crippen LogP contribution in [0.5, 0.6) is 0 Å². The van der Waals surface area contributed by atoms with Crippen LogP contribution in [0.15, 0.2) is 0 Å². The SMILES string of the molecule is Nc1nc(Cl)c(C(N)CCO)c(Cl)n1. The van der Waals surface area contributed by atoms with Crippen LogP contribution >= 0.6 is 23.2 Å². The number of aliphatic hydroxyl groups excluding tert-OH is 1. The fourth-order valence-electron chi connectivity index (χ4n) is 1.02. The average molecular weight is 237 g/mol. The number of hydrogen-bond acceptors (Lipinski definition) is 5. The van der Waals surface area contributed by atoms with E-state index in [-0.39, 0.29) is 22.9 Å². The van der Waals surface area contributed by atoms with E-state index in [1.807, 2.05) is 0 Å². The smallest absolute Gasteiger partial charge is 0.222 e. The number of aliphatic hydroxyl groups is 1. The minimum atomic E-state index is -0.486. The van der Waals surface area contributed by atoms with Crippen molar-refractivity contribution in [3.05, 3.63) is 15.9 Å². The van der Waals surface area contributed by atoms with Gasteiger partial charge in [0.1, 0.15) is 10.3 Å². The third-order valence-electron chi connectivity index (χ3n) is 1.68. The van der Waals surface area contributed by atoms with Gasteiger partial charge in [-0.25, -0.2) is 9.97 Å². The van der Waals surface area contributed by atoms with Crippen molar-refractivity contribution in [1.29, 1.82) is 0 Å². The van der Waals surface area contributed by atoms with Crippen molar-refractivity contribution in [1.82, 2.24) is 9.97 Å². The lowest BCUT2D eigenvalue weighted by atomic mass is 10.1. The molecule has 5 N–H and O–H groups in total. The third kappa shape index (κ3) is 2.45. The number of nitrogens with two attached hydrogens (primary N) is 2. The van der Waals surface area contributed by atoms with Gasteiger partial charge in [-0.2, -0.15) is 0 Å². The fourth-order valence-corrected chi connectivity index (χ4v) is 1.70. The Labute approximate surface area is 91.0 Å². The van der Waals surface area contributed by atoms with Gasteiger partial charge in [0.2, 0.25) is 5.95 Å². The molecule has 1 heterocycles. The van der Waals surface area contributed by atoms with E-state index in [0.717, 1.165) is 0 Å². The summed E-state index contributed by atoms with van der Waals surface area (Å²) < 4.78 is 0. The van der Waals surface area contributed by atoms with Crippen LogP contribution in [-0.4, -0.2) is 21.7 Å². The highest BCUT2D eigenvalue weighted by molar-refractivity contribution is 6.34. The van der Waals surface area contributed by atoms with E-state index in [0.29, 0.717) is 12.0 Å². The summed E-state index contributed by atoms with van der Waals surface area (Å²) in [5.74, 6) is -0.0000477. The van der Waals surface area contributed by atoms with E-state index in [4.69, 9.17) is 39.8 Å². The Morgan fingerprint density at radius 2 is 1.79 bits per heavy atom. The van der Waals surface area contributed by atoms with E-state index in [1.54, 1.807) is 0 Å². The van der Waals surface area contributed by atoms with Gasteiger partial charge in [0.15, 0.2) is 0 Å². The first-order valence-electron chi connectivity index (χ1n) is 3.91. The second-order valence-corrected chi connectivity index (χ2v) is 3.41. The molecule has 0 saturated carbocycles. The molecule has 0 aliphatic heterocycles. The van der Waals surface area contributed by atoms with Crippen molar-refractivity contribution in [2.24, 2.45) is 5.73 Å². The molecule has 0 radical (unpaired) electrons. The van der Waals surface area contributed by atoms with E-state index in [9.17, 15) is 0 Å². The quantitative estimate of drug-likeness (QED) is 0.673. The molecule has 78 valence electrons. The van der Waals surface area contributed by atoms with Crippen LogP contribution in [0, 0.1) is 0 Å². The highest BCUT2D eigenvalue weighted by Gasteiger charge is 2.16. The number of nitrogen functional groups attached to an aromatic ring is 1. The Balaban J connectivity index is 3.07. The van der Waals surface area contributed by atoms with E-state index in [2.05, 4.69) is 9.97 Å². The zero-order chi connectivity index (χ0) is 10.7. The standard InChI is InChI=1S/C7H10Cl2N4O/c8-5-4(3(10)1-2-14)6(9)13-7(11)12-5/h3,14H,1-2,10H2,(H2,11,12,13). The van der Waals surface area contributed by atoms with Gasteiger partial charge in [-0.15, -0.1) is 0 Å². The molecule has 5 nitrogen and oxygen atoms in total. The van der Waals surface area contributed by atoms with Crippen molar-refractivity contribution >= 4 is 29.2 Å². The highest BCUT2D eigenvalue weighted by Crippen LogP contribution is 2.28. The molecular formula is C7H10Cl2N4O. The maximum Gasteiger partial charge on any atom is 0.222 e. The minimum absolute atomic E-state index is 0.0000477. The van der Waals surface area contributed by atoms with Crippen molar-refractivity contribution in [3.63, 3.8) is 0 Å². The Morgan fingerprint density at radius 3 is 2.21 bits per heavy atom. The molecule has 14 heavy (non-hydrogen) atoms. The van der Waals surface area contributed by atoms with Crippen molar-refractivity contribution in [3.8, 4) is 0 Å². The first kappa shape index (κ1) is 11.5.